The van der Waals surface area contributed by atoms with E-state index in [1.54, 1.807) is 24.9 Å². The first kappa shape index (κ1) is 5.76. The number of hydrogen-bond acceptors (Lipinski definition) is 2. The Bertz CT molecular complexity index is 254. The van der Waals surface area contributed by atoms with Crippen LogP contribution in [-0.2, 0) is 7.05 Å². The van der Waals surface area contributed by atoms with Gasteiger partial charge in [0.05, 0.1) is 0 Å². The Morgan fingerprint density at radius 1 is 1.78 bits per heavy atom. The molecule has 1 aromatic rings. The third kappa shape index (κ3) is 0.891. The standard InChI is InChI=1S/C5H7N4/c1-4-5(7-6)3-9(2)8-4/h3H,1-2H3/q+1. The zero-order valence-electron chi connectivity index (χ0n) is 5.37. The summed E-state index contributed by atoms with van der Waals surface area (Å²) >= 11 is 0. The number of aryl methyl sites for hydroxylation is 2. The fourth-order valence-corrected chi connectivity index (χ4v) is 0.685. The SMILES string of the molecule is Cc1nn(C)cc1[N+]#N. The van der Waals surface area contributed by atoms with E-state index in [4.69, 9.17) is 5.39 Å². The summed E-state index contributed by atoms with van der Waals surface area (Å²) in [4.78, 5) is 3.01. The third-order valence-electron chi connectivity index (χ3n) is 1.10. The molecule has 0 bridgehead atoms. The van der Waals surface area contributed by atoms with Crippen LogP contribution in [0.2, 0.25) is 0 Å². The van der Waals surface area contributed by atoms with Crippen LogP contribution in [0.3, 0.4) is 0 Å². The number of aromatic nitrogens is 2. The molecule has 46 valence electrons. The Morgan fingerprint density at radius 3 is 2.67 bits per heavy atom. The van der Waals surface area contributed by atoms with Crippen LogP contribution < -0.4 is 0 Å². The Morgan fingerprint density at radius 2 is 2.44 bits per heavy atom. The molecular weight excluding hydrogens is 116 g/mol. The number of rotatable bonds is 0. The van der Waals surface area contributed by atoms with E-state index in [0.29, 0.717) is 5.69 Å². The van der Waals surface area contributed by atoms with E-state index in [9.17, 15) is 0 Å². The molecule has 1 rings (SSSR count). The molecule has 0 N–H and O–H groups in total. The van der Waals surface area contributed by atoms with Gasteiger partial charge in [-0.3, -0.25) is 4.68 Å². The molecular formula is C5H7N4+. The van der Waals surface area contributed by atoms with Gasteiger partial charge in [0.15, 0.2) is 10.7 Å². The van der Waals surface area contributed by atoms with E-state index >= 15 is 0 Å². The van der Waals surface area contributed by atoms with Crippen LogP contribution in [0.15, 0.2) is 6.20 Å². The van der Waals surface area contributed by atoms with E-state index in [2.05, 4.69) is 10.1 Å². The van der Waals surface area contributed by atoms with E-state index in [0.717, 1.165) is 5.69 Å². The van der Waals surface area contributed by atoms with Crippen molar-refractivity contribution in [2.45, 2.75) is 6.92 Å². The van der Waals surface area contributed by atoms with Crippen molar-refractivity contribution >= 4 is 5.69 Å². The van der Waals surface area contributed by atoms with Crippen LogP contribution in [-0.4, -0.2) is 9.78 Å². The summed E-state index contributed by atoms with van der Waals surface area (Å²) in [5.41, 5.74) is 1.26. The molecule has 1 heterocycles. The molecule has 0 aromatic carbocycles. The maximum Gasteiger partial charge on any atom is 0.425 e. The lowest BCUT2D eigenvalue weighted by Gasteiger charge is -1.77. The summed E-state index contributed by atoms with van der Waals surface area (Å²) in [6.45, 7) is 1.79. The number of diazo groups is 1. The molecule has 0 atom stereocenters. The van der Waals surface area contributed by atoms with Gasteiger partial charge in [0.25, 0.3) is 0 Å². The highest BCUT2D eigenvalue weighted by atomic mass is 15.3. The van der Waals surface area contributed by atoms with Crippen LogP contribution in [0.25, 0.3) is 4.98 Å². The highest BCUT2D eigenvalue weighted by molar-refractivity contribution is 5.45. The summed E-state index contributed by atoms with van der Waals surface area (Å²) in [6.07, 6.45) is 1.65. The molecule has 0 amide bonds. The number of hydrogen-bond donors (Lipinski definition) is 0. The zero-order valence-corrected chi connectivity index (χ0v) is 5.37. The van der Waals surface area contributed by atoms with Gasteiger partial charge in [-0.1, -0.05) is 0 Å². The molecule has 0 saturated carbocycles. The van der Waals surface area contributed by atoms with Crippen molar-refractivity contribution in [2.24, 2.45) is 7.05 Å². The van der Waals surface area contributed by atoms with Gasteiger partial charge in [-0.2, -0.15) is 5.10 Å². The van der Waals surface area contributed by atoms with Crippen molar-refractivity contribution < 1.29 is 0 Å². The third-order valence-corrected chi connectivity index (χ3v) is 1.10. The van der Waals surface area contributed by atoms with Crippen molar-refractivity contribution in [1.29, 1.82) is 5.39 Å². The van der Waals surface area contributed by atoms with E-state index in [-0.39, 0.29) is 0 Å². The molecule has 0 spiro atoms. The first-order valence-electron chi connectivity index (χ1n) is 2.59. The molecule has 0 saturated heterocycles. The van der Waals surface area contributed by atoms with E-state index < -0.39 is 0 Å². The predicted molar refractivity (Wildman–Crippen MR) is 32.7 cm³/mol. The topological polar surface area (TPSA) is 46.0 Å². The van der Waals surface area contributed by atoms with Gasteiger partial charge in [0.1, 0.15) is 6.20 Å². The average molecular weight is 123 g/mol. The summed E-state index contributed by atoms with van der Waals surface area (Å²) in [7, 11) is 1.78. The smallest absolute Gasteiger partial charge is 0.267 e. The maximum absolute atomic E-state index is 8.30. The van der Waals surface area contributed by atoms with Gasteiger partial charge in [0, 0.05) is 7.05 Å². The van der Waals surface area contributed by atoms with Gasteiger partial charge in [-0.15, -0.1) is 0 Å². The highest BCUT2D eigenvalue weighted by Crippen LogP contribution is 2.14. The van der Waals surface area contributed by atoms with E-state index in [1.165, 1.54) is 0 Å². The molecule has 0 unspecified atom stereocenters. The molecule has 0 fully saturated rings. The van der Waals surface area contributed by atoms with Crippen molar-refractivity contribution in [3.05, 3.63) is 16.9 Å². The summed E-state index contributed by atoms with van der Waals surface area (Å²) in [6, 6.07) is 0. The van der Waals surface area contributed by atoms with Crippen LogP contribution >= 0.6 is 0 Å². The summed E-state index contributed by atoms with van der Waals surface area (Å²) in [5.74, 6) is 0. The Balaban J connectivity index is 3.20. The van der Waals surface area contributed by atoms with Crippen molar-refractivity contribution in [1.82, 2.24) is 9.78 Å². The minimum absolute atomic E-state index is 0.525. The molecule has 1 aromatic heterocycles. The largest absolute Gasteiger partial charge is 0.425 e. The highest BCUT2D eigenvalue weighted by Gasteiger charge is 2.12. The molecule has 0 aliphatic rings. The van der Waals surface area contributed by atoms with Gasteiger partial charge < -0.3 is 0 Å². The zero-order chi connectivity index (χ0) is 6.85. The maximum atomic E-state index is 8.30. The lowest BCUT2D eigenvalue weighted by atomic mass is 10.4. The Labute approximate surface area is 52.7 Å². The summed E-state index contributed by atoms with van der Waals surface area (Å²) in [5, 5.41) is 12.2. The Kier molecular flexibility index (Phi) is 1.19. The normalized spacial score (nSPS) is 9.00. The first-order valence-corrected chi connectivity index (χ1v) is 2.59. The van der Waals surface area contributed by atoms with Crippen LogP contribution in [0, 0.1) is 12.3 Å². The van der Waals surface area contributed by atoms with Gasteiger partial charge >= 0.3 is 5.69 Å². The lowest BCUT2D eigenvalue weighted by molar-refractivity contribution is 0.756. The summed E-state index contributed by atoms with van der Waals surface area (Å²) < 4.78 is 1.60. The number of nitrogens with zero attached hydrogens (tertiary/aromatic N) is 4. The second-order valence-electron chi connectivity index (χ2n) is 1.87. The van der Waals surface area contributed by atoms with Gasteiger partial charge in [-0.25, -0.2) is 0 Å². The molecule has 0 aliphatic carbocycles. The fourth-order valence-electron chi connectivity index (χ4n) is 0.685. The van der Waals surface area contributed by atoms with Crippen molar-refractivity contribution in [3.63, 3.8) is 0 Å². The van der Waals surface area contributed by atoms with E-state index in [1.807, 2.05) is 0 Å². The minimum atomic E-state index is 0.525. The lowest BCUT2D eigenvalue weighted by Crippen LogP contribution is -1.86. The Hall–Kier alpha value is -1.37. The van der Waals surface area contributed by atoms with Gasteiger partial charge in [-0.05, 0) is 6.92 Å². The van der Waals surface area contributed by atoms with Crippen LogP contribution in [0.5, 0.6) is 0 Å². The average Bonchev–Trinajstić information content (AvgIpc) is 2.10. The molecule has 0 aliphatic heterocycles. The minimum Gasteiger partial charge on any atom is -0.267 e. The molecule has 4 nitrogen and oxygen atoms in total. The van der Waals surface area contributed by atoms with Crippen molar-refractivity contribution in [3.8, 4) is 0 Å². The molecule has 9 heavy (non-hydrogen) atoms. The quantitative estimate of drug-likeness (QED) is 0.487. The monoisotopic (exact) mass is 123 g/mol. The fraction of sp³-hybridized carbons (Fsp3) is 0.400. The second kappa shape index (κ2) is 1.86. The van der Waals surface area contributed by atoms with Crippen LogP contribution in [0.1, 0.15) is 5.69 Å². The predicted octanol–water partition coefficient (Wildman–Crippen LogP) is 1.21. The first-order chi connectivity index (χ1) is 4.24. The second-order valence-corrected chi connectivity index (χ2v) is 1.87. The van der Waals surface area contributed by atoms with Crippen LogP contribution in [0.4, 0.5) is 5.69 Å². The van der Waals surface area contributed by atoms with Gasteiger partial charge in [0.2, 0.25) is 5.39 Å². The molecule has 4 heteroatoms. The van der Waals surface area contributed by atoms with Crippen molar-refractivity contribution in [2.75, 3.05) is 0 Å². The molecule has 0 radical (unpaired) electrons.